The van der Waals surface area contributed by atoms with Crippen LogP contribution in [0.1, 0.15) is 44.4 Å². The number of nitrogens with zero attached hydrogens (tertiary/aromatic N) is 6. The number of urea groups is 2. The second kappa shape index (κ2) is 15.0. The summed E-state index contributed by atoms with van der Waals surface area (Å²) >= 11 is 0. The number of nitriles is 2. The van der Waals surface area contributed by atoms with E-state index in [-0.39, 0.29) is 22.2 Å². The summed E-state index contributed by atoms with van der Waals surface area (Å²) in [7, 11) is 0. The Hall–Kier alpha value is -6.40. The highest BCUT2D eigenvalue weighted by Gasteiger charge is 2.13. The van der Waals surface area contributed by atoms with Gasteiger partial charge in [-0.2, -0.15) is 20.5 Å². The molecule has 0 saturated carbocycles. The summed E-state index contributed by atoms with van der Waals surface area (Å²) in [5.74, 6) is 0. The Morgan fingerprint density at radius 1 is 0.673 bits per heavy atom. The smallest absolute Gasteiger partial charge is 0.348 e. The summed E-state index contributed by atoms with van der Waals surface area (Å²) in [5, 5.41) is 26.2. The fraction of sp³-hybridized carbons (Fsp3) is 0.243. The molecule has 5 aromatic rings. The summed E-state index contributed by atoms with van der Waals surface area (Å²) in [6.07, 6.45) is 0. The summed E-state index contributed by atoms with van der Waals surface area (Å²) in [4.78, 5) is 38.4. The lowest BCUT2D eigenvalue weighted by Gasteiger charge is -2.21. The highest BCUT2D eigenvalue weighted by Crippen LogP contribution is 2.24. The van der Waals surface area contributed by atoms with E-state index in [0.717, 1.165) is 37.6 Å². The number of anilines is 4. The number of amides is 4. The first kappa shape index (κ1) is 33.9. The Bertz CT molecular complexity index is 2280. The summed E-state index contributed by atoms with van der Waals surface area (Å²) in [6, 6.07) is 22.1. The fourth-order valence-electron chi connectivity index (χ4n) is 5.42. The van der Waals surface area contributed by atoms with Crippen molar-refractivity contribution >= 4 is 56.8 Å². The van der Waals surface area contributed by atoms with Crippen LogP contribution in [0.25, 0.3) is 21.9 Å². The first-order chi connectivity index (χ1) is 23.7. The van der Waals surface area contributed by atoms with Gasteiger partial charge in [0.05, 0.1) is 0 Å². The van der Waals surface area contributed by atoms with Crippen molar-refractivity contribution in [2.45, 2.75) is 34.6 Å². The summed E-state index contributed by atoms with van der Waals surface area (Å²) in [5.41, 5.74) is 4.23. The van der Waals surface area contributed by atoms with Crippen LogP contribution in [0.3, 0.4) is 0 Å². The van der Waals surface area contributed by atoms with E-state index in [0.29, 0.717) is 38.9 Å². The van der Waals surface area contributed by atoms with E-state index < -0.39 is 12.1 Å². The van der Waals surface area contributed by atoms with Crippen LogP contribution in [0.4, 0.5) is 32.3 Å². The second-order valence-corrected chi connectivity index (χ2v) is 11.1. The van der Waals surface area contributed by atoms with Gasteiger partial charge in [-0.25, -0.2) is 9.59 Å². The van der Waals surface area contributed by atoms with Gasteiger partial charge < -0.3 is 29.3 Å². The van der Waals surface area contributed by atoms with Gasteiger partial charge in [-0.3, -0.25) is 0 Å². The van der Waals surface area contributed by atoms with Crippen LogP contribution < -0.4 is 31.5 Å². The Balaban J connectivity index is 1.40. The third-order valence-corrected chi connectivity index (χ3v) is 8.10. The Morgan fingerprint density at radius 2 is 1.14 bits per heavy atom. The molecule has 0 spiro atoms. The molecule has 0 saturated heterocycles. The van der Waals surface area contributed by atoms with Crippen LogP contribution in [0, 0.1) is 29.6 Å². The average Bonchev–Trinajstić information content (AvgIpc) is 3.10. The van der Waals surface area contributed by atoms with Crippen LogP contribution >= 0.6 is 0 Å². The highest BCUT2D eigenvalue weighted by atomic mass is 16.3. The molecule has 3 aromatic carbocycles. The lowest BCUT2D eigenvalue weighted by Crippen LogP contribution is -2.21. The van der Waals surface area contributed by atoms with Crippen LogP contribution in [0.2, 0.25) is 0 Å². The number of hydrogen-bond acceptors (Lipinski definition) is 8. The molecule has 0 aliphatic rings. The number of nitrogens with one attached hydrogen (secondary N) is 2. The van der Waals surface area contributed by atoms with Crippen molar-refractivity contribution in [1.29, 1.82) is 10.5 Å². The Morgan fingerprint density at radius 3 is 1.59 bits per heavy atom. The fourth-order valence-corrected chi connectivity index (χ4v) is 5.42. The van der Waals surface area contributed by atoms with Crippen molar-refractivity contribution in [3.8, 4) is 12.1 Å². The zero-order valence-electron chi connectivity index (χ0n) is 28.0. The predicted octanol–water partition coefficient (Wildman–Crippen LogP) is 7.19. The van der Waals surface area contributed by atoms with Gasteiger partial charge in [-0.05, 0) is 88.7 Å². The molecular formula is C37H36N8O4. The molecule has 2 N–H and O–H groups in total. The lowest BCUT2D eigenvalue weighted by molar-refractivity contribution is 0.257. The van der Waals surface area contributed by atoms with E-state index in [1.54, 1.807) is 37.3 Å². The third-order valence-electron chi connectivity index (χ3n) is 8.10. The summed E-state index contributed by atoms with van der Waals surface area (Å²) < 4.78 is 11.8. The Kier molecular flexibility index (Phi) is 10.4. The molecule has 0 bridgehead atoms. The number of carbonyl (C=O) groups excluding carboxylic acids is 2. The first-order valence-corrected chi connectivity index (χ1v) is 16.0. The number of fused-ring (bicyclic) bond motifs is 2. The normalized spacial score (nSPS) is 11.7. The quantitative estimate of drug-likeness (QED) is 0.177. The van der Waals surface area contributed by atoms with Gasteiger partial charge in [-0.1, -0.05) is 6.07 Å². The van der Waals surface area contributed by atoms with Gasteiger partial charge in [0.1, 0.15) is 34.4 Å². The zero-order chi connectivity index (χ0) is 35.1. The van der Waals surface area contributed by atoms with E-state index in [9.17, 15) is 20.1 Å². The number of benzene rings is 3. The maximum absolute atomic E-state index is 13.1. The zero-order valence-corrected chi connectivity index (χ0v) is 28.0. The van der Waals surface area contributed by atoms with E-state index in [4.69, 9.17) is 8.83 Å². The molecule has 0 aliphatic carbocycles. The van der Waals surface area contributed by atoms with Crippen molar-refractivity contribution in [1.82, 2.24) is 0 Å². The van der Waals surface area contributed by atoms with Gasteiger partial charge in [-0.15, -0.1) is 0 Å². The van der Waals surface area contributed by atoms with Gasteiger partial charge in [0, 0.05) is 71.8 Å². The predicted molar refractivity (Wildman–Crippen MR) is 189 cm³/mol. The molecule has 0 aliphatic heterocycles. The van der Waals surface area contributed by atoms with Crippen molar-refractivity contribution in [3.63, 3.8) is 0 Å². The van der Waals surface area contributed by atoms with E-state index in [2.05, 4.69) is 58.1 Å². The molecule has 12 nitrogen and oxygen atoms in total. The van der Waals surface area contributed by atoms with Crippen molar-refractivity contribution in [3.05, 3.63) is 94.5 Å². The minimum Gasteiger partial charge on any atom is -0.437 e. The third kappa shape index (κ3) is 7.61. The SMILES string of the molecule is CCN(CC)c1ccc2cc(C#N)/c(=N\C(=O)Nc3ccc(C)c(NC(=O)/N=c4/oc5cc(N(CC)CC)ccc5cc4C#N)c3)oc2c1. The van der Waals surface area contributed by atoms with Crippen LogP contribution in [-0.2, 0) is 0 Å². The number of carbonyl (C=O) groups is 2. The molecule has 12 heteroatoms. The first-order valence-electron chi connectivity index (χ1n) is 16.0. The van der Waals surface area contributed by atoms with Gasteiger partial charge in [0.2, 0.25) is 11.1 Å². The van der Waals surface area contributed by atoms with Crippen molar-refractivity contribution in [2.24, 2.45) is 9.98 Å². The largest absolute Gasteiger partial charge is 0.437 e. The average molecular weight is 657 g/mol. The minimum atomic E-state index is -0.775. The molecule has 0 radical (unpaired) electrons. The van der Waals surface area contributed by atoms with Gasteiger partial charge in [0.25, 0.3) is 0 Å². The minimum absolute atomic E-state index is 0.108. The standard InChI is InChI=1S/C37H36N8O4/c1-6-44(7-2)29-14-11-24-16-26(21-38)34(48-32(24)19-29)42-36(46)40-28-13-10-23(5)31(18-28)41-37(47)43-35-27(22-39)17-25-12-15-30(20-33(25)49-35)45(8-3)9-4/h10-20H,6-9H2,1-5H3,(H,40,46)(H,41,47)/b42-34+,43-35+. The lowest BCUT2D eigenvalue weighted by atomic mass is 10.1. The van der Waals surface area contributed by atoms with Crippen molar-refractivity contribution in [2.75, 3.05) is 46.6 Å². The van der Waals surface area contributed by atoms with Crippen LogP contribution in [0.5, 0.6) is 0 Å². The molecule has 0 fully saturated rings. The number of hydrogen-bond donors (Lipinski definition) is 2. The molecule has 49 heavy (non-hydrogen) atoms. The molecule has 2 heterocycles. The van der Waals surface area contributed by atoms with Gasteiger partial charge in [0.15, 0.2) is 0 Å². The van der Waals surface area contributed by atoms with E-state index in [1.165, 1.54) is 0 Å². The van der Waals surface area contributed by atoms with Gasteiger partial charge >= 0.3 is 12.1 Å². The van der Waals surface area contributed by atoms with Crippen LogP contribution in [-0.4, -0.2) is 38.2 Å². The topological polar surface area (TPSA) is 163 Å². The maximum atomic E-state index is 13.1. The second-order valence-electron chi connectivity index (χ2n) is 11.1. The van der Waals surface area contributed by atoms with E-state index in [1.807, 2.05) is 48.5 Å². The molecular weight excluding hydrogens is 620 g/mol. The molecule has 248 valence electrons. The van der Waals surface area contributed by atoms with Crippen LogP contribution in [0.15, 0.2) is 85.5 Å². The molecule has 5 rings (SSSR count). The van der Waals surface area contributed by atoms with E-state index >= 15 is 0 Å². The maximum Gasteiger partial charge on any atom is 0.348 e. The highest BCUT2D eigenvalue weighted by molar-refractivity contribution is 5.94. The number of aryl methyl sites for hydroxylation is 1. The Labute approximate surface area is 283 Å². The molecule has 4 amide bonds. The molecule has 0 atom stereocenters. The summed E-state index contributed by atoms with van der Waals surface area (Å²) in [6.45, 7) is 13.2. The number of rotatable bonds is 8. The monoisotopic (exact) mass is 656 g/mol. The molecule has 2 aromatic heterocycles. The molecule has 0 unspecified atom stereocenters. The van der Waals surface area contributed by atoms with Crippen molar-refractivity contribution < 1.29 is 18.4 Å².